The minimum absolute atomic E-state index is 0.481. The highest BCUT2D eigenvalue weighted by atomic mass is 32.2. The van der Waals surface area contributed by atoms with E-state index in [1.54, 1.807) is 11.3 Å². The van der Waals surface area contributed by atoms with Crippen LogP contribution in [0.4, 0.5) is 0 Å². The Morgan fingerprint density at radius 3 is 3.08 bits per heavy atom. The lowest BCUT2D eigenvalue weighted by molar-refractivity contribution is 0.0678. The summed E-state index contributed by atoms with van der Waals surface area (Å²) in [4.78, 5) is 4.37. The van der Waals surface area contributed by atoms with E-state index < -0.39 is 5.60 Å². The van der Waals surface area contributed by atoms with Gasteiger partial charge < -0.3 is 5.11 Å². The van der Waals surface area contributed by atoms with Gasteiger partial charge in [-0.25, -0.2) is 4.98 Å². The molecule has 1 aliphatic rings. The molecular weight excluding hydrogens is 202 g/mol. The molecule has 1 unspecified atom stereocenters. The maximum absolute atomic E-state index is 10.1. The van der Waals surface area contributed by atoms with Crippen molar-refractivity contribution in [3.63, 3.8) is 0 Å². The Kier molecular flexibility index (Phi) is 2.62. The molecule has 4 heteroatoms. The second-order valence-corrected chi connectivity index (χ2v) is 5.73. The lowest BCUT2D eigenvalue weighted by atomic mass is 9.98. The summed E-state index contributed by atoms with van der Waals surface area (Å²) in [5.74, 6) is 1.95. The molecule has 1 atom stereocenters. The lowest BCUT2D eigenvalue weighted by Crippen LogP contribution is -2.30. The third-order valence-electron chi connectivity index (χ3n) is 2.26. The number of thiazole rings is 1. The van der Waals surface area contributed by atoms with Crippen molar-refractivity contribution >= 4 is 23.1 Å². The summed E-state index contributed by atoms with van der Waals surface area (Å²) < 4.78 is 0. The van der Waals surface area contributed by atoms with Gasteiger partial charge in [0.15, 0.2) is 0 Å². The zero-order valence-electron chi connectivity index (χ0n) is 7.62. The van der Waals surface area contributed by atoms with E-state index in [2.05, 4.69) is 10.4 Å². The van der Waals surface area contributed by atoms with Gasteiger partial charge in [0.05, 0.1) is 16.3 Å². The van der Waals surface area contributed by atoms with Crippen molar-refractivity contribution in [1.82, 2.24) is 4.98 Å². The van der Waals surface area contributed by atoms with Crippen LogP contribution in [0.1, 0.15) is 17.1 Å². The van der Waals surface area contributed by atoms with Crippen LogP contribution >= 0.6 is 23.1 Å². The smallest absolute Gasteiger partial charge is 0.0897 e. The summed E-state index contributed by atoms with van der Waals surface area (Å²) in [5.41, 5.74) is 0.568. The van der Waals surface area contributed by atoms with Crippen LogP contribution in [0.3, 0.4) is 0 Å². The maximum Gasteiger partial charge on any atom is 0.0897 e. The molecule has 0 radical (unpaired) electrons. The Balaban J connectivity index is 2.04. The zero-order valence-corrected chi connectivity index (χ0v) is 9.25. The van der Waals surface area contributed by atoms with Crippen molar-refractivity contribution < 1.29 is 5.11 Å². The van der Waals surface area contributed by atoms with Crippen molar-refractivity contribution in [2.24, 2.45) is 0 Å². The van der Waals surface area contributed by atoms with Gasteiger partial charge in [-0.3, -0.25) is 0 Å². The number of nitrogens with zero attached hydrogens (tertiary/aromatic N) is 1. The first-order valence-corrected chi connectivity index (χ1v) is 6.43. The first-order chi connectivity index (χ1) is 6.18. The Hall–Kier alpha value is -0.0600. The average molecular weight is 215 g/mol. The number of thioether (sulfide) groups is 1. The van der Waals surface area contributed by atoms with Gasteiger partial charge in [0.1, 0.15) is 0 Å². The molecule has 0 aromatic carbocycles. The zero-order chi connectivity index (χ0) is 9.31. The summed E-state index contributed by atoms with van der Waals surface area (Å²) in [6.07, 6.45) is 1.64. The average Bonchev–Trinajstić information content (AvgIpc) is 2.62. The fraction of sp³-hybridized carbons (Fsp3) is 0.667. The molecule has 13 heavy (non-hydrogen) atoms. The largest absolute Gasteiger partial charge is 0.389 e. The van der Waals surface area contributed by atoms with E-state index in [9.17, 15) is 5.11 Å². The number of rotatable bonds is 2. The standard InChI is InChI=1S/C9H13NOS2/c1-7-10-8(5-13-7)4-9(11)2-3-12-6-9/h5,11H,2-4,6H2,1H3. The molecule has 0 aliphatic carbocycles. The van der Waals surface area contributed by atoms with E-state index in [0.717, 1.165) is 35.0 Å². The first kappa shape index (κ1) is 9.49. The van der Waals surface area contributed by atoms with Gasteiger partial charge in [0.2, 0.25) is 0 Å². The SMILES string of the molecule is Cc1nc(CC2(O)CCSC2)cs1. The molecule has 0 saturated carbocycles. The third kappa shape index (κ3) is 2.24. The fourth-order valence-electron chi connectivity index (χ4n) is 1.56. The van der Waals surface area contributed by atoms with E-state index in [-0.39, 0.29) is 0 Å². The molecule has 2 nitrogen and oxygen atoms in total. The number of hydrogen-bond acceptors (Lipinski definition) is 4. The molecule has 1 saturated heterocycles. The number of aromatic nitrogens is 1. The quantitative estimate of drug-likeness (QED) is 0.817. The van der Waals surface area contributed by atoms with Crippen molar-refractivity contribution in [1.29, 1.82) is 0 Å². The van der Waals surface area contributed by atoms with Crippen molar-refractivity contribution in [2.75, 3.05) is 11.5 Å². The van der Waals surface area contributed by atoms with Crippen LogP contribution in [0.15, 0.2) is 5.38 Å². The van der Waals surface area contributed by atoms with Gasteiger partial charge in [0.25, 0.3) is 0 Å². The second-order valence-electron chi connectivity index (χ2n) is 3.56. The molecule has 0 amide bonds. The van der Waals surface area contributed by atoms with Crippen LogP contribution in [0.5, 0.6) is 0 Å². The van der Waals surface area contributed by atoms with Crippen LogP contribution in [-0.4, -0.2) is 27.2 Å². The summed E-state index contributed by atoms with van der Waals surface area (Å²) in [6, 6.07) is 0. The Bertz CT molecular complexity index is 292. The van der Waals surface area contributed by atoms with Gasteiger partial charge in [-0.1, -0.05) is 0 Å². The highest BCUT2D eigenvalue weighted by Crippen LogP contribution is 2.30. The van der Waals surface area contributed by atoms with E-state index in [1.807, 2.05) is 18.7 Å². The number of aliphatic hydroxyl groups is 1. The number of aryl methyl sites for hydroxylation is 1. The third-order valence-corrected chi connectivity index (χ3v) is 4.32. The van der Waals surface area contributed by atoms with Gasteiger partial charge in [0, 0.05) is 17.6 Å². The molecule has 1 fully saturated rings. The summed E-state index contributed by atoms with van der Waals surface area (Å²) in [6.45, 7) is 2.00. The van der Waals surface area contributed by atoms with Gasteiger partial charge >= 0.3 is 0 Å². The van der Waals surface area contributed by atoms with E-state index >= 15 is 0 Å². The van der Waals surface area contributed by atoms with Crippen LogP contribution in [0, 0.1) is 6.92 Å². The fourth-order valence-corrected chi connectivity index (χ4v) is 3.47. The van der Waals surface area contributed by atoms with Gasteiger partial charge in [-0.15, -0.1) is 11.3 Å². The predicted molar refractivity (Wildman–Crippen MR) is 57.4 cm³/mol. The molecule has 72 valence electrons. The lowest BCUT2D eigenvalue weighted by Gasteiger charge is -2.19. The van der Waals surface area contributed by atoms with Crippen molar-refractivity contribution in [3.8, 4) is 0 Å². The Morgan fingerprint density at radius 2 is 2.54 bits per heavy atom. The minimum Gasteiger partial charge on any atom is -0.389 e. The maximum atomic E-state index is 10.1. The molecule has 1 aromatic heterocycles. The monoisotopic (exact) mass is 215 g/mol. The van der Waals surface area contributed by atoms with Crippen LogP contribution in [0.25, 0.3) is 0 Å². The van der Waals surface area contributed by atoms with E-state index in [1.165, 1.54) is 0 Å². The molecule has 0 spiro atoms. The normalized spacial score (nSPS) is 28.2. The van der Waals surface area contributed by atoms with Crippen LogP contribution < -0.4 is 0 Å². The van der Waals surface area contributed by atoms with Gasteiger partial charge in [-0.05, 0) is 19.1 Å². The van der Waals surface area contributed by atoms with Crippen LogP contribution in [-0.2, 0) is 6.42 Å². The topological polar surface area (TPSA) is 33.1 Å². The highest BCUT2D eigenvalue weighted by Gasteiger charge is 2.32. The van der Waals surface area contributed by atoms with Crippen LogP contribution in [0.2, 0.25) is 0 Å². The molecular formula is C9H13NOS2. The molecule has 1 N–H and O–H groups in total. The molecule has 1 aliphatic heterocycles. The first-order valence-electron chi connectivity index (χ1n) is 4.39. The number of hydrogen-bond donors (Lipinski definition) is 1. The molecule has 2 rings (SSSR count). The molecule has 2 heterocycles. The minimum atomic E-state index is -0.481. The highest BCUT2D eigenvalue weighted by molar-refractivity contribution is 7.99. The van der Waals surface area contributed by atoms with Gasteiger partial charge in [-0.2, -0.15) is 11.8 Å². The summed E-state index contributed by atoms with van der Waals surface area (Å²) in [5, 5.41) is 13.2. The predicted octanol–water partition coefficient (Wildman–Crippen LogP) is 1.86. The molecule has 1 aromatic rings. The van der Waals surface area contributed by atoms with Crippen molar-refractivity contribution in [2.45, 2.75) is 25.4 Å². The Morgan fingerprint density at radius 1 is 1.69 bits per heavy atom. The van der Waals surface area contributed by atoms with E-state index in [0.29, 0.717) is 0 Å². The Labute approximate surface area is 86.4 Å². The van der Waals surface area contributed by atoms with Crippen molar-refractivity contribution in [3.05, 3.63) is 16.1 Å². The summed E-state index contributed by atoms with van der Waals surface area (Å²) >= 11 is 3.49. The summed E-state index contributed by atoms with van der Waals surface area (Å²) in [7, 11) is 0. The molecule has 0 bridgehead atoms. The second kappa shape index (κ2) is 3.59. The van der Waals surface area contributed by atoms with E-state index in [4.69, 9.17) is 0 Å².